The van der Waals surface area contributed by atoms with Crippen molar-refractivity contribution in [1.82, 2.24) is 19.4 Å². The first-order chi connectivity index (χ1) is 11.3. The summed E-state index contributed by atoms with van der Waals surface area (Å²) in [5.41, 5.74) is 3.11. The van der Waals surface area contributed by atoms with Crippen LogP contribution in [-0.4, -0.2) is 26.5 Å². The van der Waals surface area contributed by atoms with E-state index in [2.05, 4.69) is 37.8 Å². The molecule has 4 rings (SSSR count). The number of fused-ring (bicyclic) bond motifs is 1. The summed E-state index contributed by atoms with van der Waals surface area (Å²) >= 11 is 1.70. The zero-order chi connectivity index (χ0) is 15.6. The van der Waals surface area contributed by atoms with E-state index in [1.54, 1.807) is 18.4 Å². The summed E-state index contributed by atoms with van der Waals surface area (Å²) in [6, 6.07) is 8.54. The minimum atomic E-state index is 0.259. The van der Waals surface area contributed by atoms with E-state index < -0.39 is 0 Å². The molecule has 3 aromatic rings. The fourth-order valence-electron chi connectivity index (χ4n) is 3.17. The molecular weight excluding hydrogens is 308 g/mol. The molecule has 0 radical (unpaired) electrons. The van der Waals surface area contributed by atoms with Crippen molar-refractivity contribution in [3.05, 3.63) is 64.6 Å². The highest BCUT2D eigenvalue weighted by Crippen LogP contribution is 2.35. The molecular formula is C17H18N4OS. The first-order valence-corrected chi connectivity index (χ1v) is 8.47. The van der Waals surface area contributed by atoms with Crippen LogP contribution in [0.5, 0.6) is 5.75 Å². The number of aromatic nitrogens is 3. The Morgan fingerprint density at radius 2 is 2.26 bits per heavy atom. The number of para-hydroxylation sites is 1. The molecule has 1 unspecified atom stereocenters. The minimum absolute atomic E-state index is 0.259. The molecule has 1 atom stereocenters. The van der Waals surface area contributed by atoms with Gasteiger partial charge in [0.1, 0.15) is 11.6 Å². The van der Waals surface area contributed by atoms with Crippen LogP contribution in [-0.2, 0) is 19.6 Å². The van der Waals surface area contributed by atoms with Gasteiger partial charge in [-0.15, -0.1) is 11.3 Å². The molecule has 0 amide bonds. The third-order valence-corrected chi connectivity index (χ3v) is 5.06. The van der Waals surface area contributed by atoms with Gasteiger partial charge in [-0.3, -0.25) is 9.88 Å². The third-order valence-electron chi connectivity index (χ3n) is 4.30. The summed E-state index contributed by atoms with van der Waals surface area (Å²) in [4.78, 5) is 12.4. The van der Waals surface area contributed by atoms with Crippen molar-refractivity contribution in [2.75, 3.05) is 7.11 Å². The van der Waals surface area contributed by atoms with Crippen molar-refractivity contribution >= 4 is 11.3 Å². The number of hydrogen-bond donors (Lipinski definition) is 0. The Hall–Kier alpha value is -2.18. The van der Waals surface area contributed by atoms with Crippen LogP contribution in [0.3, 0.4) is 0 Å². The molecule has 0 fully saturated rings. The Morgan fingerprint density at radius 3 is 3.09 bits per heavy atom. The molecule has 6 heteroatoms. The largest absolute Gasteiger partial charge is 0.496 e. The highest BCUT2D eigenvalue weighted by atomic mass is 32.1. The fourth-order valence-corrected chi connectivity index (χ4v) is 3.79. The van der Waals surface area contributed by atoms with E-state index in [9.17, 15) is 0 Å². The molecule has 0 bridgehead atoms. The molecule has 0 saturated heterocycles. The lowest BCUT2D eigenvalue weighted by molar-refractivity contribution is 0.127. The maximum absolute atomic E-state index is 5.59. The van der Waals surface area contributed by atoms with Gasteiger partial charge in [-0.2, -0.15) is 0 Å². The molecule has 1 aliphatic heterocycles. The van der Waals surface area contributed by atoms with E-state index in [1.165, 1.54) is 10.4 Å². The smallest absolute Gasteiger partial charge is 0.123 e. The lowest BCUT2D eigenvalue weighted by atomic mass is 10.0. The Balaban J connectivity index is 1.71. The highest BCUT2D eigenvalue weighted by molar-refractivity contribution is 7.09. The number of ether oxygens (including phenoxy) is 1. The Bertz CT molecular complexity index is 784. The average Bonchev–Trinajstić information content (AvgIpc) is 3.25. The van der Waals surface area contributed by atoms with E-state index in [4.69, 9.17) is 4.74 Å². The summed E-state index contributed by atoms with van der Waals surface area (Å²) in [6.45, 7) is 2.59. The Morgan fingerprint density at radius 1 is 1.35 bits per heavy atom. The van der Waals surface area contributed by atoms with Crippen molar-refractivity contribution in [2.24, 2.45) is 0 Å². The number of nitrogens with zero attached hydrogens (tertiary/aromatic N) is 4. The van der Waals surface area contributed by atoms with Crippen LogP contribution in [0.1, 0.15) is 22.3 Å². The van der Waals surface area contributed by atoms with Crippen molar-refractivity contribution < 1.29 is 4.74 Å². The summed E-state index contributed by atoms with van der Waals surface area (Å²) in [5.74, 6) is 2.05. The number of rotatable bonds is 4. The first kappa shape index (κ1) is 14.4. The standard InChI is InChI=1S/C17H18N4OS/c1-22-16-5-3-2-4-14(16)15-10-20-7-6-19-17(20)11-21(15)9-13-8-18-12-23-13/h2-8,12,15H,9-11H2,1H3. The molecule has 5 nitrogen and oxygen atoms in total. The van der Waals surface area contributed by atoms with Gasteiger partial charge in [-0.05, 0) is 6.07 Å². The molecule has 118 valence electrons. The second-order valence-electron chi connectivity index (χ2n) is 5.63. The second-order valence-corrected chi connectivity index (χ2v) is 6.60. The van der Waals surface area contributed by atoms with Gasteiger partial charge in [0.05, 0.1) is 25.2 Å². The molecule has 1 aromatic carbocycles. The van der Waals surface area contributed by atoms with Crippen LogP contribution in [0, 0.1) is 0 Å². The zero-order valence-corrected chi connectivity index (χ0v) is 13.7. The summed E-state index contributed by atoms with van der Waals surface area (Å²) < 4.78 is 7.83. The fraction of sp³-hybridized carbons (Fsp3) is 0.294. The van der Waals surface area contributed by atoms with E-state index in [-0.39, 0.29) is 6.04 Å². The predicted molar refractivity (Wildman–Crippen MR) is 89.3 cm³/mol. The van der Waals surface area contributed by atoms with Crippen molar-refractivity contribution in [2.45, 2.75) is 25.7 Å². The van der Waals surface area contributed by atoms with Crippen molar-refractivity contribution in [3.63, 3.8) is 0 Å². The van der Waals surface area contributed by atoms with E-state index in [1.807, 2.05) is 30.0 Å². The van der Waals surface area contributed by atoms with Crippen molar-refractivity contribution in [1.29, 1.82) is 0 Å². The molecule has 0 spiro atoms. The van der Waals surface area contributed by atoms with Gasteiger partial charge in [0, 0.05) is 42.1 Å². The Labute approximate surface area is 139 Å². The van der Waals surface area contributed by atoms with Crippen LogP contribution in [0.15, 0.2) is 48.4 Å². The topological polar surface area (TPSA) is 43.2 Å². The number of methoxy groups -OCH3 is 1. The van der Waals surface area contributed by atoms with Gasteiger partial charge >= 0.3 is 0 Å². The van der Waals surface area contributed by atoms with Crippen LogP contribution < -0.4 is 4.74 Å². The van der Waals surface area contributed by atoms with E-state index in [0.717, 1.165) is 31.2 Å². The zero-order valence-electron chi connectivity index (χ0n) is 12.9. The lowest BCUT2D eigenvalue weighted by Gasteiger charge is -2.36. The quantitative estimate of drug-likeness (QED) is 0.739. The van der Waals surface area contributed by atoms with Crippen LogP contribution in [0.2, 0.25) is 0 Å². The molecule has 2 aromatic heterocycles. The monoisotopic (exact) mass is 326 g/mol. The molecule has 0 aliphatic carbocycles. The van der Waals surface area contributed by atoms with Crippen LogP contribution in [0.4, 0.5) is 0 Å². The highest BCUT2D eigenvalue weighted by Gasteiger charge is 2.30. The van der Waals surface area contributed by atoms with Gasteiger partial charge in [-0.25, -0.2) is 4.98 Å². The number of hydrogen-bond acceptors (Lipinski definition) is 5. The SMILES string of the molecule is COc1ccccc1C1Cn2ccnc2CN1Cc1cncs1. The normalized spacial score (nSPS) is 17.9. The molecule has 1 aliphatic rings. The lowest BCUT2D eigenvalue weighted by Crippen LogP contribution is -2.36. The maximum atomic E-state index is 5.59. The van der Waals surface area contributed by atoms with Crippen molar-refractivity contribution in [3.8, 4) is 5.75 Å². The maximum Gasteiger partial charge on any atom is 0.123 e. The molecule has 0 N–H and O–H groups in total. The molecule has 0 saturated carbocycles. The third kappa shape index (κ3) is 2.75. The van der Waals surface area contributed by atoms with Gasteiger partial charge in [-0.1, -0.05) is 18.2 Å². The van der Waals surface area contributed by atoms with Gasteiger partial charge < -0.3 is 9.30 Å². The van der Waals surface area contributed by atoms with Crippen LogP contribution in [0.25, 0.3) is 0 Å². The van der Waals surface area contributed by atoms with Gasteiger partial charge in [0.2, 0.25) is 0 Å². The van der Waals surface area contributed by atoms with Crippen LogP contribution >= 0.6 is 11.3 Å². The summed E-state index contributed by atoms with van der Waals surface area (Å²) in [5, 5.41) is 0. The molecule has 23 heavy (non-hydrogen) atoms. The van der Waals surface area contributed by atoms with Gasteiger partial charge in [0.15, 0.2) is 0 Å². The van der Waals surface area contributed by atoms with E-state index >= 15 is 0 Å². The second kappa shape index (κ2) is 6.14. The number of thiazole rings is 1. The minimum Gasteiger partial charge on any atom is -0.496 e. The van der Waals surface area contributed by atoms with E-state index in [0.29, 0.717) is 0 Å². The first-order valence-electron chi connectivity index (χ1n) is 7.59. The Kier molecular flexibility index (Phi) is 3.85. The van der Waals surface area contributed by atoms with Gasteiger partial charge in [0.25, 0.3) is 0 Å². The number of benzene rings is 1. The predicted octanol–water partition coefficient (Wildman–Crippen LogP) is 3.11. The summed E-state index contributed by atoms with van der Waals surface area (Å²) in [6.07, 6.45) is 5.89. The molecule has 3 heterocycles. The average molecular weight is 326 g/mol. The number of imidazole rings is 1. The summed E-state index contributed by atoms with van der Waals surface area (Å²) in [7, 11) is 1.73.